The number of carbonyl (C=O) groups excluding carboxylic acids is 3. The maximum absolute atomic E-state index is 12.3. The summed E-state index contributed by atoms with van der Waals surface area (Å²) in [5.41, 5.74) is 5.44. The van der Waals surface area contributed by atoms with Crippen molar-refractivity contribution in [3.8, 4) is 0 Å². The maximum atomic E-state index is 12.3. The van der Waals surface area contributed by atoms with E-state index in [0.29, 0.717) is 5.69 Å². The zero-order chi connectivity index (χ0) is 17.4. The summed E-state index contributed by atoms with van der Waals surface area (Å²) in [4.78, 5) is 35.3. The molecule has 0 saturated heterocycles. The topological polar surface area (TPSA) is 89.7 Å². The van der Waals surface area contributed by atoms with Crippen LogP contribution in [-0.2, 0) is 14.3 Å². The number of amides is 2. The van der Waals surface area contributed by atoms with Crippen LogP contribution in [0.15, 0.2) is 77.7 Å². The molecular weight excluding hydrogens is 328 g/mol. The number of rotatable bonds is 5. The summed E-state index contributed by atoms with van der Waals surface area (Å²) < 4.78 is 5.96. The summed E-state index contributed by atoms with van der Waals surface area (Å²) >= 11 is 1.11. The first-order valence-electron chi connectivity index (χ1n) is 6.88. The van der Waals surface area contributed by atoms with Crippen molar-refractivity contribution in [2.24, 2.45) is 5.73 Å². The second kappa shape index (κ2) is 8.54. The van der Waals surface area contributed by atoms with Gasteiger partial charge in [0.1, 0.15) is 0 Å². The molecule has 0 saturated carbocycles. The first-order valence-corrected chi connectivity index (χ1v) is 7.65. The number of anilines is 1. The van der Waals surface area contributed by atoms with E-state index in [4.69, 9.17) is 10.5 Å². The van der Waals surface area contributed by atoms with Gasteiger partial charge in [-0.1, -0.05) is 36.4 Å². The summed E-state index contributed by atoms with van der Waals surface area (Å²) in [5, 5.41) is 0. The minimum Gasteiger partial charge on any atom is -0.372 e. The quantitative estimate of drug-likeness (QED) is 0.390. The van der Waals surface area contributed by atoms with Gasteiger partial charge in [0.15, 0.2) is 0 Å². The van der Waals surface area contributed by atoms with E-state index in [1.165, 1.54) is 4.31 Å². The van der Waals surface area contributed by atoms with Crippen LogP contribution < -0.4 is 10.0 Å². The van der Waals surface area contributed by atoms with Crippen LogP contribution in [0, 0.1) is 0 Å². The van der Waals surface area contributed by atoms with Crippen LogP contribution in [0.4, 0.5) is 10.5 Å². The Labute approximate surface area is 143 Å². The van der Waals surface area contributed by atoms with Crippen molar-refractivity contribution < 1.29 is 19.1 Å². The number of primary amides is 1. The molecule has 24 heavy (non-hydrogen) atoms. The number of hydrogen-bond acceptors (Lipinski definition) is 5. The fourth-order valence-corrected chi connectivity index (χ4v) is 2.49. The van der Waals surface area contributed by atoms with Gasteiger partial charge in [-0.15, -0.1) is 0 Å². The number of nitrogens with two attached hydrogens (primary N) is 1. The Balaban J connectivity index is 2.17. The van der Waals surface area contributed by atoms with Crippen LogP contribution in [0.2, 0.25) is 0 Å². The van der Waals surface area contributed by atoms with Gasteiger partial charge in [0.05, 0.1) is 5.69 Å². The molecule has 0 unspecified atom stereocenters. The molecule has 2 aromatic carbocycles. The van der Waals surface area contributed by atoms with E-state index in [0.717, 1.165) is 29.0 Å². The van der Waals surface area contributed by atoms with Crippen molar-refractivity contribution in [2.75, 3.05) is 4.31 Å². The first kappa shape index (κ1) is 17.3. The van der Waals surface area contributed by atoms with E-state index in [9.17, 15) is 14.4 Å². The zero-order valence-electron chi connectivity index (χ0n) is 12.5. The molecule has 0 aliphatic heterocycles. The van der Waals surface area contributed by atoms with Crippen molar-refractivity contribution >= 4 is 35.6 Å². The van der Waals surface area contributed by atoms with Gasteiger partial charge in [0, 0.05) is 17.0 Å². The summed E-state index contributed by atoms with van der Waals surface area (Å²) in [6.45, 7) is 0. The Morgan fingerprint density at radius 1 is 0.917 bits per heavy atom. The van der Waals surface area contributed by atoms with E-state index in [-0.39, 0.29) is 0 Å². The minimum atomic E-state index is -0.978. The van der Waals surface area contributed by atoms with Crippen molar-refractivity contribution in [1.82, 2.24) is 0 Å². The zero-order valence-corrected chi connectivity index (χ0v) is 13.3. The molecule has 2 aromatic rings. The second-order valence-electron chi connectivity index (χ2n) is 4.46. The number of hydrogen-bond donors (Lipinski definition) is 1. The fraction of sp³-hybridized carbons (Fsp3) is 0. The molecule has 0 bridgehead atoms. The SMILES string of the molecule is NC(=O)C=CC(=O)OC(=O)N(Sc1ccccc1)c1ccccc1. The number of ether oxygens (including phenoxy) is 1. The van der Waals surface area contributed by atoms with Crippen LogP contribution in [0.1, 0.15) is 0 Å². The second-order valence-corrected chi connectivity index (χ2v) is 5.48. The summed E-state index contributed by atoms with van der Waals surface area (Å²) in [7, 11) is 0. The third-order valence-electron chi connectivity index (χ3n) is 2.67. The number of carbonyl (C=O) groups is 3. The molecule has 0 aliphatic carbocycles. The van der Waals surface area contributed by atoms with Gasteiger partial charge in [0.25, 0.3) is 0 Å². The number of para-hydroxylation sites is 1. The Hall–Kier alpha value is -3.06. The van der Waals surface area contributed by atoms with E-state index in [1.807, 2.05) is 30.3 Å². The number of benzene rings is 2. The molecule has 6 nitrogen and oxygen atoms in total. The third kappa shape index (κ3) is 5.29. The van der Waals surface area contributed by atoms with E-state index in [1.54, 1.807) is 30.3 Å². The molecule has 2 rings (SSSR count). The molecule has 0 heterocycles. The highest BCUT2D eigenvalue weighted by Gasteiger charge is 2.21. The molecule has 0 fully saturated rings. The first-order chi connectivity index (χ1) is 11.6. The Morgan fingerprint density at radius 2 is 1.50 bits per heavy atom. The average Bonchev–Trinajstić information content (AvgIpc) is 2.59. The number of esters is 1. The van der Waals surface area contributed by atoms with E-state index < -0.39 is 18.0 Å². The van der Waals surface area contributed by atoms with Crippen LogP contribution in [0.3, 0.4) is 0 Å². The summed E-state index contributed by atoms with van der Waals surface area (Å²) in [6, 6.07) is 17.9. The van der Waals surface area contributed by atoms with Crippen molar-refractivity contribution in [3.05, 3.63) is 72.8 Å². The summed E-state index contributed by atoms with van der Waals surface area (Å²) in [5.74, 6) is -1.79. The van der Waals surface area contributed by atoms with Crippen LogP contribution >= 0.6 is 11.9 Å². The predicted molar refractivity (Wildman–Crippen MR) is 91.0 cm³/mol. The molecule has 7 heteroatoms. The van der Waals surface area contributed by atoms with Gasteiger partial charge in [-0.3, -0.25) is 4.79 Å². The van der Waals surface area contributed by atoms with Gasteiger partial charge in [-0.2, -0.15) is 0 Å². The Kier molecular flexibility index (Phi) is 6.16. The van der Waals surface area contributed by atoms with Crippen LogP contribution in [-0.4, -0.2) is 18.0 Å². The van der Waals surface area contributed by atoms with E-state index in [2.05, 4.69) is 0 Å². The molecule has 0 atom stereocenters. The lowest BCUT2D eigenvalue weighted by atomic mass is 10.3. The third-order valence-corrected chi connectivity index (χ3v) is 3.69. The van der Waals surface area contributed by atoms with Crippen molar-refractivity contribution in [3.63, 3.8) is 0 Å². The Morgan fingerprint density at radius 3 is 2.08 bits per heavy atom. The molecule has 0 aromatic heterocycles. The molecule has 0 radical (unpaired) electrons. The number of nitrogens with zero attached hydrogens (tertiary/aromatic N) is 1. The highest BCUT2D eigenvalue weighted by atomic mass is 32.2. The molecule has 0 aliphatic rings. The van der Waals surface area contributed by atoms with Gasteiger partial charge in [0.2, 0.25) is 5.91 Å². The smallest absolute Gasteiger partial charge is 0.372 e. The summed E-state index contributed by atoms with van der Waals surface area (Å²) in [6.07, 6.45) is 0.748. The standard InChI is InChI=1S/C17H14N2O4S/c18-15(20)11-12-16(21)23-17(22)19(13-7-3-1-4-8-13)24-14-9-5-2-6-10-14/h1-12H,(H2,18,20). The predicted octanol–water partition coefficient (Wildman–Crippen LogP) is 2.91. The largest absolute Gasteiger partial charge is 0.432 e. The molecule has 2 N–H and O–H groups in total. The highest BCUT2D eigenvalue weighted by Crippen LogP contribution is 2.29. The molecule has 2 amide bonds. The lowest BCUT2D eigenvalue weighted by Gasteiger charge is -2.19. The van der Waals surface area contributed by atoms with Gasteiger partial charge < -0.3 is 10.5 Å². The minimum absolute atomic E-state index is 0.544. The molecule has 0 spiro atoms. The van der Waals surface area contributed by atoms with Crippen molar-refractivity contribution in [2.45, 2.75) is 4.90 Å². The van der Waals surface area contributed by atoms with E-state index >= 15 is 0 Å². The van der Waals surface area contributed by atoms with Gasteiger partial charge in [-0.05, 0) is 36.2 Å². The fourth-order valence-electron chi connectivity index (χ4n) is 1.66. The van der Waals surface area contributed by atoms with Crippen LogP contribution in [0.5, 0.6) is 0 Å². The highest BCUT2D eigenvalue weighted by molar-refractivity contribution is 8.01. The monoisotopic (exact) mass is 342 g/mol. The van der Waals surface area contributed by atoms with Gasteiger partial charge >= 0.3 is 12.1 Å². The van der Waals surface area contributed by atoms with Gasteiger partial charge in [-0.25, -0.2) is 13.9 Å². The maximum Gasteiger partial charge on any atom is 0.432 e. The average molecular weight is 342 g/mol. The normalized spacial score (nSPS) is 10.3. The molecule has 122 valence electrons. The molecular formula is C17H14N2O4S. The van der Waals surface area contributed by atoms with Crippen molar-refractivity contribution in [1.29, 1.82) is 0 Å². The Bertz CT molecular complexity index is 748. The lowest BCUT2D eigenvalue weighted by Crippen LogP contribution is -2.26. The lowest BCUT2D eigenvalue weighted by molar-refractivity contribution is -0.131. The van der Waals surface area contributed by atoms with Crippen LogP contribution in [0.25, 0.3) is 0 Å².